The van der Waals surface area contributed by atoms with Crippen molar-refractivity contribution >= 4 is 23.2 Å². The predicted molar refractivity (Wildman–Crippen MR) is 94.8 cm³/mol. The average molecular weight is 347 g/mol. The summed E-state index contributed by atoms with van der Waals surface area (Å²) in [7, 11) is 1.61. The normalized spacial score (nSPS) is 11.8. The molecule has 0 aliphatic heterocycles. The van der Waals surface area contributed by atoms with Gasteiger partial charge in [0.1, 0.15) is 11.8 Å². The highest BCUT2D eigenvalue weighted by atomic mass is 32.1. The van der Waals surface area contributed by atoms with Gasteiger partial charge in [0, 0.05) is 4.88 Å². The van der Waals surface area contributed by atoms with E-state index in [2.05, 4.69) is 5.32 Å². The summed E-state index contributed by atoms with van der Waals surface area (Å²) in [5, 5.41) is 11.8. The third kappa shape index (κ3) is 4.14. The molecule has 0 fully saturated rings. The van der Waals surface area contributed by atoms with Crippen LogP contribution in [0, 0.1) is 6.92 Å². The number of benzene rings is 1. The molecule has 24 heavy (non-hydrogen) atoms. The molecule has 2 aromatic rings. The lowest BCUT2D eigenvalue weighted by Gasteiger charge is -2.12. The molecule has 128 valence electrons. The number of aliphatic carboxylic acids is 1. The summed E-state index contributed by atoms with van der Waals surface area (Å²) >= 11 is 1.36. The Morgan fingerprint density at radius 2 is 1.96 bits per heavy atom. The number of rotatable bonds is 7. The van der Waals surface area contributed by atoms with Gasteiger partial charge in [-0.3, -0.25) is 4.79 Å². The predicted octanol–water partition coefficient (Wildman–Crippen LogP) is 3.72. The van der Waals surface area contributed by atoms with E-state index in [-0.39, 0.29) is 5.91 Å². The summed E-state index contributed by atoms with van der Waals surface area (Å²) in [6.45, 7) is 3.83. The summed E-state index contributed by atoms with van der Waals surface area (Å²) in [5.41, 5.74) is 1.96. The Labute approximate surface area is 145 Å². The van der Waals surface area contributed by atoms with Crippen molar-refractivity contribution in [1.29, 1.82) is 0 Å². The fourth-order valence-electron chi connectivity index (χ4n) is 2.43. The molecule has 2 rings (SSSR count). The van der Waals surface area contributed by atoms with E-state index >= 15 is 0 Å². The van der Waals surface area contributed by atoms with Crippen LogP contribution in [-0.2, 0) is 4.79 Å². The molecule has 1 aromatic carbocycles. The third-order valence-electron chi connectivity index (χ3n) is 3.72. The van der Waals surface area contributed by atoms with Gasteiger partial charge in [-0.1, -0.05) is 25.5 Å². The first-order valence-electron chi connectivity index (χ1n) is 7.74. The fraction of sp³-hybridized carbons (Fsp3) is 0.333. The van der Waals surface area contributed by atoms with Gasteiger partial charge in [-0.2, -0.15) is 0 Å². The molecule has 0 aliphatic carbocycles. The molecule has 1 aromatic heterocycles. The number of carbonyl (C=O) groups excluding carboxylic acids is 1. The minimum Gasteiger partial charge on any atom is -0.497 e. The van der Waals surface area contributed by atoms with Crippen LogP contribution < -0.4 is 10.1 Å². The summed E-state index contributed by atoms with van der Waals surface area (Å²) in [4.78, 5) is 25.1. The van der Waals surface area contributed by atoms with Gasteiger partial charge in [-0.15, -0.1) is 11.3 Å². The molecule has 1 unspecified atom stereocenters. The largest absolute Gasteiger partial charge is 0.497 e. The molecule has 1 atom stereocenters. The maximum atomic E-state index is 12.3. The molecular weight excluding hydrogens is 326 g/mol. The standard InChI is InChI=1S/C18H21NO4S/c1-4-5-15(18(21)22)19-17(20)16-10-14(11(2)24-16)12-6-8-13(23-3)9-7-12/h6-10,15H,4-5H2,1-3H3,(H,19,20)(H,21,22). The number of thiophene rings is 1. The first-order valence-corrected chi connectivity index (χ1v) is 8.56. The highest BCUT2D eigenvalue weighted by molar-refractivity contribution is 7.14. The lowest BCUT2D eigenvalue weighted by Crippen LogP contribution is -2.40. The topological polar surface area (TPSA) is 75.6 Å². The SMILES string of the molecule is CCCC(NC(=O)c1cc(-c2ccc(OC)cc2)c(C)s1)C(=O)O. The van der Waals surface area contributed by atoms with E-state index in [0.29, 0.717) is 17.7 Å². The number of nitrogens with one attached hydrogen (secondary N) is 1. The van der Waals surface area contributed by atoms with Crippen molar-refractivity contribution in [2.75, 3.05) is 7.11 Å². The number of hydrogen-bond acceptors (Lipinski definition) is 4. The van der Waals surface area contributed by atoms with Crippen LogP contribution in [0.15, 0.2) is 30.3 Å². The van der Waals surface area contributed by atoms with Crippen LogP contribution in [0.5, 0.6) is 5.75 Å². The van der Waals surface area contributed by atoms with Crippen LogP contribution in [0.2, 0.25) is 0 Å². The first kappa shape index (κ1) is 18.0. The van der Waals surface area contributed by atoms with Gasteiger partial charge < -0.3 is 15.2 Å². The van der Waals surface area contributed by atoms with E-state index < -0.39 is 12.0 Å². The number of methoxy groups -OCH3 is 1. The second-order valence-electron chi connectivity index (χ2n) is 5.46. The average Bonchev–Trinajstić information content (AvgIpc) is 2.96. The quantitative estimate of drug-likeness (QED) is 0.800. The second kappa shape index (κ2) is 7.97. The molecule has 0 radical (unpaired) electrons. The molecule has 0 saturated heterocycles. The van der Waals surface area contributed by atoms with Crippen LogP contribution >= 0.6 is 11.3 Å². The van der Waals surface area contributed by atoms with Crippen LogP contribution in [0.25, 0.3) is 11.1 Å². The van der Waals surface area contributed by atoms with Crippen molar-refractivity contribution in [1.82, 2.24) is 5.32 Å². The second-order valence-corrected chi connectivity index (χ2v) is 6.72. The molecule has 0 spiro atoms. The third-order valence-corrected chi connectivity index (χ3v) is 4.77. The van der Waals surface area contributed by atoms with Crippen molar-refractivity contribution in [3.05, 3.63) is 40.1 Å². The number of ether oxygens (including phenoxy) is 1. The van der Waals surface area contributed by atoms with E-state index in [9.17, 15) is 9.59 Å². The van der Waals surface area contributed by atoms with E-state index in [1.807, 2.05) is 44.2 Å². The van der Waals surface area contributed by atoms with Crippen molar-refractivity contribution in [3.63, 3.8) is 0 Å². The van der Waals surface area contributed by atoms with Gasteiger partial charge in [0.2, 0.25) is 0 Å². The summed E-state index contributed by atoms with van der Waals surface area (Å²) in [6, 6.07) is 8.57. The molecule has 0 saturated carbocycles. The number of aryl methyl sites for hydroxylation is 1. The summed E-state index contributed by atoms with van der Waals surface area (Å²) < 4.78 is 5.15. The Balaban J connectivity index is 2.20. The van der Waals surface area contributed by atoms with Crippen molar-refractivity contribution in [2.24, 2.45) is 0 Å². The van der Waals surface area contributed by atoms with Gasteiger partial charge in [0.25, 0.3) is 5.91 Å². The Kier molecular flexibility index (Phi) is 5.98. The highest BCUT2D eigenvalue weighted by Gasteiger charge is 2.21. The van der Waals surface area contributed by atoms with Gasteiger partial charge in [-0.05, 0) is 42.7 Å². The number of carbonyl (C=O) groups is 2. The van der Waals surface area contributed by atoms with Crippen LogP contribution in [0.3, 0.4) is 0 Å². The maximum absolute atomic E-state index is 12.3. The molecule has 1 amide bonds. The van der Waals surface area contributed by atoms with Crippen molar-refractivity contribution < 1.29 is 19.4 Å². The number of carboxylic acids is 1. The van der Waals surface area contributed by atoms with Crippen molar-refractivity contribution in [2.45, 2.75) is 32.7 Å². The highest BCUT2D eigenvalue weighted by Crippen LogP contribution is 2.32. The summed E-state index contributed by atoms with van der Waals surface area (Å²) in [6.07, 6.45) is 1.11. The Morgan fingerprint density at radius 3 is 2.50 bits per heavy atom. The van der Waals surface area contributed by atoms with E-state index in [0.717, 1.165) is 21.8 Å². The lowest BCUT2D eigenvalue weighted by atomic mass is 10.1. The van der Waals surface area contributed by atoms with Gasteiger partial charge >= 0.3 is 5.97 Å². The number of hydrogen-bond donors (Lipinski definition) is 2. The molecule has 0 aliphatic rings. The number of amides is 1. The first-order chi connectivity index (χ1) is 11.5. The molecule has 0 bridgehead atoms. The fourth-order valence-corrected chi connectivity index (χ4v) is 3.37. The zero-order chi connectivity index (χ0) is 17.7. The molecular formula is C18H21NO4S. The van der Waals surface area contributed by atoms with E-state index in [1.165, 1.54) is 11.3 Å². The van der Waals surface area contributed by atoms with E-state index in [4.69, 9.17) is 9.84 Å². The van der Waals surface area contributed by atoms with Crippen molar-refractivity contribution in [3.8, 4) is 16.9 Å². The Hall–Kier alpha value is -2.34. The lowest BCUT2D eigenvalue weighted by molar-refractivity contribution is -0.139. The van der Waals surface area contributed by atoms with Gasteiger partial charge in [0.15, 0.2) is 0 Å². The molecule has 2 N–H and O–H groups in total. The van der Waals surface area contributed by atoms with Gasteiger partial charge in [0.05, 0.1) is 12.0 Å². The van der Waals surface area contributed by atoms with Crippen LogP contribution in [-0.4, -0.2) is 30.1 Å². The van der Waals surface area contributed by atoms with Crippen LogP contribution in [0.4, 0.5) is 0 Å². The minimum absolute atomic E-state index is 0.344. The van der Waals surface area contributed by atoms with E-state index in [1.54, 1.807) is 7.11 Å². The molecule has 6 heteroatoms. The smallest absolute Gasteiger partial charge is 0.326 e. The number of carboxylic acid groups (broad SMARTS) is 1. The maximum Gasteiger partial charge on any atom is 0.326 e. The molecule has 5 nitrogen and oxygen atoms in total. The van der Waals surface area contributed by atoms with Gasteiger partial charge in [-0.25, -0.2) is 4.79 Å². The zero-order valence-corrected chi connectivity index (χ0v) is 14.8. The minimum atomic E-state index is -1.01. The summed E-state index contributed by atoms with van der Waals surface area (Å²) in [5.74, 6) is -0.578. The zero-order valence-electron chi connectivity index (χ0n) is 14.0. The Morgan fingerprint density at radius 1 is 1.29 bits per heavy atom. The van der Waals surface area contributed by atoms with Crippen LogP contribution in [0.1, 0.15) is 34.3 Å². The molecule has 1 heterocycles. The monoisotopic (exact) mass is 347 g/mol. The Bertz CT molecular complexity index is 721.